The van der Waals surface area contributed by atoms with Crippen LogP contribution in [0.3, 0.4) is 0 Å². The lowest BCUT2D eigenvalue weighted by Crippen LogP contribution is -2.47. The van der Waals surface area contributed by atoms with Crippen LogP contribution in [0.1, 0.15) is 46.5 Å². The van der Waals surface area contributed by atoms with Gasteiger partial charge in [0.15, 0.2) is 0 Å². The molecule has 1 aliphatic carbocycles. The second-order valence-electron chi connectivity index (χ2n) is 4.81. The molecule has 108 valence electrons. The molecule has 0 bridgehead atoms. The standard InChI is InChI=1S/C12H27N3O2S/c1-4-13-11-7-9-12(10-8-11)14-18(16,17)15(5-2)6-3/h11-14H,4-10H2,1-3H3. The summed E-state index contributed by atoms with van der Waals surface area (Å²) < 4.78 is 28.4. The number of rotatable bonds is 7. The fourth-order valence-electron chi connectivity index (χ4n) is 2.55. The monoisotopic (exact) mass is 277 g/mol. The van der Waals surface area contributed by atoms with E-state index in [2.05, 4.69) is 17.0 Å². The van der Waals surface area contributed by atoms with Gasteiger partial charge in [0.2, 0.25) is 0 Å². The Morgan fingerprint density at radius 2 is 1.50 bits per heavy atom. The van der Waals surface area contributed by atoms with Gasteiger partial charge in [0.1, 0.15) is 0 Å². The summed E-state index contributed by atoms with van der Waals surface area (Å²) in [5.41, 5.74) is 0. The summed E-state index contributed by atoms with van der Waals surface area (Å²) in [6.45, 7) is 7.88. The van der Waals surface area contributed by atoms with Crippen LogP contribution in [0.15, 0.2) is 0 Å². The third-order valence-electron chi connectivity index (χ3n) is 3.58. The Kier molecular flexibility index (Phi) is 6.55. The van der Waals surface area contributed by atoms with Crippen molar-refractivity contribution in [1.29, 1.82) is 0 Å². The second kappa shape index (κ2) is 7.43. The predicted octanol–water partition coefficient (Wildman–Crippen LogP) is 1.08. The molecule has 1 fully saturated rings. The Hall–Kier alpha value is -0.170. The molecule has 0 aliphatic heterocycles. The van der Waals surface area contributed by atoms with Gasteiger partial charge < -0.3 is 5.32 Å². The fraction of sp³-hybridized carbons (Fsp3) is 1.00. The van der Waals surface area contributed by atoms with Crippen molar-refractivity contribution in [2.24, 2.45) is 0 Å². The van der Waals surface area contributed by atoms with Gasteiger partial charge in [-0.2, -0.15) is 17.4 Å². The molecule has 0 heterocycles. The van der Waals surface area contributed by atoms with Gasteiger partial charge in [-0.3, -0.25) is 0 Å². The molecular weight excluding hydrogens is 250 g/mol. The molecule has 6 heteroatoms. The van der Waals surface area contributed by atoms with Crippen LogP contribution in [0.25, 0.3) is 0 Å². The molecule has 0 atom stereocenters. The molecule has 0 unspecified atom stereocenters. The summed E-state index contributed by atoms with van der Waals surface area (Å²) >= 11 is 0. The fourth-order valence-corrected chi connectivity index (χ4v) is 4.04. The highest BCUT2D eigenvalue weighted by molar-refractivity contribution is 7.87. The molecule has 18 heavy (non-hydrogen) atoms. The first-order valence-electron chi connectivity index (χ1n) is 7.04. The summed E-state index contributed by atoms with van der Waals surface area (Å²) in [4.78, 5) is 0. The largest absolute Gasteiger partial charge is 0.314 e. The van der Waals surface area contributed by atoms with E-state index in [1.165, 1.54) is 4.31 Å². The molecular formula is C12H27N3O2S. The van der Waals surface area contributed by atoms with Crippen molar-refractivity contribution in [2.75, 3.05) is 19.6 Å². The average Bonchev–Trinajstić information content (AvgIpc) is 2.33. The van der Waals surface area contributed by atoms with Crippen molar-refractivity contribution in [2.45, 2.75) is 58.5 Å². The zero-order valence-corrected chi connectivity index (χ0v) is 12.6. The summed E-state index contributed by atoms with van der Waals surface area (Å²) in [5, 5.41) is 3.43. The summed E-state index contributed by atoms with van der Waals surface area (Å²) in [6.07, 6.45) is 3.97. The number of nitrogens with one attached hydrogen (secondary N) is 2. The zero-order valence-electron chi connectivity index (χ0n) is 11.8. The minimum Gasteiger partial charge on any atom is -0.314 e. The number of hydrogen-bond donors (Lipinski definition) is 2. The van der Waals surface area contributed by atoms with Crippen LogP contribution < -0.4 is 10.0 Å². The van der Waals surface area contributed by atoms with Crippen LogP contribution in [0.5, 0.6) is 0 Å². The van der Waals surface area contributed by atoms with Gasteiger partial charge in [-0.1, -0.05) is 20.8 Å². The van der Waals surface area contributed by atoms with Gasteiger partial charge in [0, 0.05) is 25.2 Å². The van der Waals surface area contributed by atoms with Gasteiger partial charge in [0.05, 0.1) is 0 Å². The topological polar surface area (TPSA) is 61.4 Å². The van der Waals surface area contributed by atoms with Crippen LogP contribution >= 0.6 is 0 Å². The third-order valence-corrected chi connectivity index (χ3v) is 5.41. The van der Waals surface area contributed by atoms with E-state index < -0.39 is 10.2 Å². The third kappa shape index (κ3) is 4.50. The van der Waals surface area contributed by atoms with Crippen molar-refractivity contribution in [3.05, 3.63) is 0 Å². The maximum atomic E-state index is 12.1. The molecule has 0 amide bonds. The van der Waals surface area contributed by atoms with Crippen molar-refractivity contribution in [1.82, 2.24) is 14.3 Å². The van der Waals surface area contributed by atoms with E-state index in [0.717, 1.165) is 32.2 Å². The lowest BCUT2D eigenvalue weighted by Gasteiger charge is -2.31. The summed E-state index contributed by atoms with van der Waals surface area (Å²) in [6, 6.07) is 0.662. The van der Waals surface area contributed by atoms with Crippen LogP contribution in [-0.2, 0) is 10.2 Å². The van der Waals surface area contributed by atoms with Gasteiger partial charge in [-0.25, -0.2) is 0 Å². The molecule has 0 radical (unpaired) electrons. The normalized spacial score (nSPS) is 25.6. The lowest BCUT2D eigenvalue weighted by atomic mass is 9.92. The quantitative estimate of drug-likeness (QED) is 0.732. The maximum Gasteiger partial charge on any atom is 0.279 e. The first kappa shape index (κ1) is 15.9. The van der Waals surface area contributed by atoms with Gasteiger partial charge >= 0.3 is 0 Å². The number of hydrogen-bond acceptors (Lipinski definition) is 3. The molecule has 0 spiro atoms. The Bertz CT molecular complexity index is 320. The molecule has 2 N–H and O–H groups in total. The SMILES string of the molecule is CCNC1CCC(NS(=O)(=O)N(CC)CC)CC1. The second-order valence-corrected chi connectivity index (χ2v) is 6.52. The van der Waals surface area contributed by atoms with E-state index >= 15 is 0 Å². The summed E-state index contributed by atoms with van der Waals surface area (Å²) in [5.74, 6) is 0. The average molecular weight is 277 g/mol. The Labute approximate surface area is 112 Å². The highest BCUT2D eigenvalue weighted by Gasteiger charge is 2.26. The lowest BCUT2D eigenvalue weighted by molar-refractivity contribution is 0.326. The first-order valence-corrected chi connectivity index (χ1v) is 8.48. The minimum absolute atomic E-state index is 0.102. The highest BCUT2D eigenvalue weighted by Crippen LogP contribution is 2.19. The first-order chi connectivity index (χ1) is 8.53. The Balaban J connectivity index is 2.45. The molecule has 0 aromatic rings. The highest BCUT2D eigenvalue weighted by atomic mass is 32.2. The van der Waals surface area contributed by atoms with E-state index in [9.17, 15) is 8.42 Å². The summed E-state index contributed by atoms with van der Waals surface area (Å²) in [7, 11) is -3.29. The van der Waals surface area contributed by atoms with E-state index in [1.54, 1.807) is 0 Å². The Morgan fingerprint density at radius 3 is 1.94 bits per heavy atom. The van der Waals surface area contributed by atoms with Gasteiger partial charge in [0.25, 0.3) is 10.2 Å². The molecule has 0 aromatic carbocycles. The van der Waals surface area contributed by atoms with Gasteiger partial charge in [-0.15, -0.1) is 0 Å². The van der Waals surface area contributed by atoms with E-state index in [-0.39, 0.29) is 6.04 Å². The van der Waals surface area contributed by atoms with Crippen LogP contribution in [0.4, 0.5) is 0 Å². The minimum atomic E-state index is -3.29. The molecule has 0 aromatic heterocycles. The van der Waals surface area contributed by atoms with Crippen molar-refractivity contribution in [3.8, 4) is 0 Å². The molecule has 5 nitrogen and oxygen atoms in total. The van der Waals surface area contributed by atoms with Crippen molar-refractivity contribution in [3.63, 3.8) is 0 Å². The van der Waals surface area contributed by atoms with Crippen LogP contribution in [0, 0.1) is 0 Å². The molecule has 0 saturated heterocycles. The van der Waals surface area contributed by atoms with E-state index in [1.807, 2.05) is 13.8 Å². The smallest absolute Gasteiger partial charge is 0.279 e. The molecule has 1 saturated carbocycles. The zero-order chi connectivity index (χ0) is 13.6. The molecule has 1 rings (SSSR count). The maximum absolute atomic E-state index is 12.1. The van der Waals surface area contributed by atoms with Gasteiger partial charge in [-0.05, 0) is 32.2 Å². The van der Waals surface area contributed by atoms with Crippen molar-refractivity contribution < 1.29 is 8.42 Å². The van der Waals surface area contributed by atoms with Crippen LogP contribution in [0.2, 0.25) is 0 Å². The predicted molar refractivity (Wildman–Crippen MR) is 74.7 cm³/mol. The van der Waals surface area contributed by atoms with E-state index in [4.69, 9.17) is 0 Å². The van der Waals surface area contributed by atoms with Crippen LogP contribution in [-0.4, -0.2) is 44.4 Å². The number of nitrogens with zero attached hydrogens (tertiary/aromatic N) is 1. The molecule has 1 aliphatic rings. The van der Waals surface area contributed by atoms with E-state index in [0.29, 0.717) is 19.1 Å². The van der Waals surface area contributed by atoms with Crippen molar-refractivity contribution >= 4 is 10.2 Å². The Morgan fingerprint density at radius 1 is 1.00 bits per heavy atom.